The zero-order valence-corrected chi connectivity index (χ0v) is 14.8. The number of nitrogens with zero attached hydrogens (tertiary/aromatic N) is 2. The molecule has 136 valence electrons. The van der Waals surface area contributed by atoms with E-state index in [1.807, 2.05) is 0 Å². The van der Waals surface area contributed by atoms with E-state index >= 15 is 0 Å². The molecule has 1 N–H and O–H groups in total. The number of halogens is 2. The lowest BCUT2D eigenvalue weighted by Gasteiger charge is -2.04. The van der Waals surface area contributed by atoms with Crippen molar-refractivity contribution in [2.24, 2.45) is 0 Å². The molecule has 0 spiro atoms. The van der Waals surface area contributed by atoms with Crippen LogP contribution >= 0.6 is 11.6 Å². The summed E-state index contributed by atoms with van der Waals surface area (Å²) in [5, 5.41) is 4.13. The van der Waals surface area contributed by atoms with Crippen LogP contribution in [-0.2, 0) is 16.1 Å². The van der Waals surface area contributed by atoms with Gasteiger partial charge >= 0.3 is 5.97 Å². The average Bonchev–Trinajstić information content (AvgIpc) is 2.97. The number of carbonyl (C=O) groups is 1. The molecule has 0 aliphatic heterocycles. The molecule has 0 unspecified atom stereocenters. The number of methoxy groups -OCH3 is 1. The van der Waals surface area contributed by atoms with Crippen LogP contribution in [0, 0.1) is 5.82 Å². The molecule has 0 saturated heterocycles. The van der Waals surface area contributed by atoms with Crippen molar-refractivity contribution in [2.45, 2.75) is 13.5 Å². The lowest BCUT2D eigenvalue weighted by atomic mass is 10.1. The molecule has 1 aromatic carbocycles. The topological polar surface area (TPSA) is 85.7 Å². The maximum Gasteiger partial charge on any atom is 0.359 e. The van der Waals surface area contributed by atoms with Gasteiger partial charge in [-0.2, -0.15) is 5.10 Å². The second kappa shape index (κ2) is 7.27. The largest absolute Gasteiger partial charge is 0.461 e. The fourth-order valence-corrected chi connectivity index (χ4v) is 2.71. The van der Waals surface area contributed by atoms with Gasteiger partial charge in [0.15, 0.2) is 5.69 Å². The second-order valence-corrected chi connectivity index (χ2v) is 5.81. The zero-order chi connectivity index (χ0) is 18.8. The van der Waals surface area contributed by atoms with Crippen LogP contribution in [0.15, 0.2) is 29.2 Å². The summed E-state index contributed by atoms with van der Waals surface area (Å²) in [7, 11) is 1.44. The van der Waals surface area contributed by atoms with Crippen LogP contribution in [0.3, 0.4) is 0 Å². The Morgan fingerprint density at radius 1 is 1.42 bits per heavy atom. The zero-order valence-electron chi connectivity index (χ0n) is 14.0. The molecule has 0 aliphatic rings. The highest BCUT2D eigenvalue weighted by atomic mass is 35.5. The Kier molecular flexibility index (Phi) is 5.06. The van der Waals surface area contributed by atoms with E-state index in [1.54, 1.807) is 13.0 Å². The molecule has 0 aliphatic carbocycles. The van der Waals surface area contributed by atoms with E-state index in [1.165, 1.54) is 30.0 Å². The molecular weight excluding hydrogens is 365 g/mol. The number of nitrogens with one attached hydrogen (secondary N) is 1. The van der Waals surface area contributed by atoms with Gasteiger partial charge in [0.25, 0.3) is 5.56 Å². The van der Waals surface area contributed by atoms with Crippen LogP contribution in [0.5, 0.6) is 0 Å². The van der Waals surface area contributed by atoms with Gasteiger partial charge in [-0.1, -0.05) is 17.7 Å². The molecule has 0 fully saturated rings. The number of esters is 1. The van der Waals surface area contributed by atoms with E-state index in [2.05, 4.69) is 10.1 Å². The number of hydrogen-bond acceptors (Lipinski definition) is 5. The van der Waals surface area contributed by atoms with Gasteiger partial charge in [0, 0.05) is 18.2 Å². The fourth-order valence-electron chi connectivity index (χ4n) is 2.59. The second-order valence-electron chi connectivity index (χ2n) is 5.40. The summed E-state index contributed by atoms with van der Waals surface area (Å²) in [6.45, 7) is 1.85. The molecular formula is C17H15ClFN3O4. The normalized spacial score (nSPS) is 11.1. The average molecular weight is 380 g/mol. The van der Waals surface area contributed by atoms with Crippen LogP contribution in [0.25, 0.3) is 16.8 Å². The predicted molar refractivity (Wildman–Crippen MR) is 92.9 cm³/mol. The molecule has 26 heavy (non-hydrogen) atoms. The molecule has 0 bridgehead atoms. The van der Waals surface area contributed by atoms with Crippen molar-refractivity contribution in [1.82, 2.24) is 14.6 Å². The van der Waals surface area contributed by atoms with Crippen LogP contribution < -0.4 is 5.56 Å². The van der Waals surface area contributed by atoms with Crippen molar-refractivity contribution >= 4 is 23.1 Å². The molecule has 2 heterocycles. The number of benzene rings is 1. The summed E-state index contributed by atoms with van der Waals surface area (Å²) >= 11 is 5.69. The predicted octanol–water partition coefficient (Wildman–Crippen LogP) is 2.81. The minimum absolute atomic E-state index is 0.00126. The molecule has 2 aromatic heterocycles. The standard InChI is InChI=1S/C17H15ClFN3O4/c1-3-26-17(24)14-10(8-25-2)15-16(23)20-13(7-22(15)21-14)9-4-5-11(18)12(19)6-9/h4-7H,3,8H2,1-2H3,(H,20,23). The van der Waals surface area contributed by atoms with E-state index in [0.717, 1.165) is 0 Å². The van der Waals surface area contributed by atoms with E-state index < -0.39 is 17.3 Å². The Labute approximate surface area is 152 Å². The molecule has 0 saturated carbocycles. The number of aromatic nitrogens is 3. The minimum Gasteiger partial charge on any atom is -0.461 e. The molecule has 0 atom stereocenters. The number of H-pyrrole nitrogens is 1. The number of rotatable bonds is 5. The Morgan fingerprint density at radius 2 is 2.19 bits per heavy atom. The number of hydrogen-bond donors (Lipinski definition) is 1. The number of fused-ring (bicyclic) bond motifs is 1. The van der Waals surface area contributed by atoms with Gasteiger partial charge in [0.1, 0.15) is 11.3 Å². The van der Waals surface area contributed by atoms with E-state index in [4.69, 9.17) is 21.1 Å². The Morgan fingerprint density at radius 3 is 2.85 bits per heavy atom. The fraction of sp³-hybridized carbons (Fsp3) is 0.235. The molecule has 7 nitrogen and oxygen atoms in total. The third kappa shape index (κ3) is 3.21. The summed E-state index contributed by atoms with van der Waals surface area (Å²) in [4.78, 5) is 27.4. The SMILES string of the molecule is CCOC(=O)c1nn2cc(-c3ccc(Cl)c(F)c3)[nH]c(=O)c2c1COC. The first-order chi connectivity index (χ1) is 12.5. The maximum atomic E-state index is 13.7. The molecule has 3 aromatic rings. The first-order valence-electron chi connectivity index (χ1n) is 7.72. The van der Waals surface area contributed by atoms with Gasteiger partial charge in [0.05, 0.1) is 30.1 Å². The highest BCUT2D eigenvalue weighted by Gasteiger charge is 2.23. The first-order valence-corrected chi connectivity index (χ1v) is 8.10. The molecule has 0 amide bonds. The van der Waals surface area contributed by atoms with Crippen molar-refractivity contribution in [3.63, 3.8) is 0 Å². The van der Waals surface area contributed by atoms with Crippen molar-refractivity contribution in [1.29, 1.82) is 0 Å². The van der Waals surface area contributed by atoms with Gasteiger partial charge in [-0.3, -0.25) is 4.79 Å². The smallest absolute Gasteiger partial charge is 0.359 e. The van der Waals surface area contributed by atoms with Crippen LogP contribution in [0.4, 0.5) is 4.39 Å². The monoisotopic (exact) mass is 379 g/mol. The number of carbonyl (C=O) groups excluding carboxylic acids is 1. The molecule has 3 rings (SSSR count). The molecule has 0 radical (unpaired) electrons. The highest BCUT2D eigenvalue weighted by molar-refractivity contribution is 6.30. The number of aromatic amines is 1. The van der Waals surface area contributed by atoms with Gasteiger partial charge < -0.3 is 14.5 Å². The summed E-state index contributed by atoms with van der Waals surface area (Å²) in [5.74, 6) is -1.26. The Balaban J connectivity index is 2.21. The van der Waals surface area contributed by atoms with Crippen molar-refractivity contribution < 1.29 is 18.7 Å². The third-order valence-electron chi connectivity index (χ3n) is 3.71. The lowest BCUT2D eigenvalue weighted by molar-refractivity contribution is 0.0514. The Hall–Kier alpha value is -2.71. The minimum atomic E-state index is -0.651. The van der Waals surface area contributed by atoms with Crippen LogP contribution in [0.1, 0.15) is 23.0 Å². The van der Waals surface area contributed by atoms with Crippen molar-refractivity contribution in [3.05, 3.63) is 56.8 Å². The summed E-state index contributed by atoms with van der Waals surface area (Å²) in [5.41, 5.74) is 0.716. The van der Waals surface area contributed by atoms with Gasteiger partial charge in [-0.15, -0.1) is 0 Å². The van der Waals surface area contributed by atoms with E-state index in [-0.39, 0.29) is 29.4 Å². The van der Waals surface area contributed by atoms with E-state index in [0.29, 0.717) is 16.8 Å². The van der Waals surface area contributed by atoms with Gasteiger partial charge in [-0.25, -0.2) is 13.7 Å². The maximum absolute atomic E-state index is 13.7. The van der Waals surface area contributed by atoms with Gasteiger partial charge in [-0.05, 0) is 19.1 Å². The molecule has 9 heteroatoms. The lowest BCUT2D eigenvalue weighted by Crippen LogP contribution is -2.13. The number of ether oxygens (including phenoxy) is 2. The third-order valence-corrected chi connectivity index (χ3v) is 4.02. The van der Waals surface area contributed by atoms with Crippen LogP contribution in [-0.4, -0.2) is 34.3 Å². The first kappa shape index (κ1) is 18.1. The summed E-state index contributed by atoms with van der Waals surface area (Å²) < 4.78 is 25.0. The quantitative estimate of drug-likeness (QED) is 0.689. The van der Waals surface area contributed by atoms with E-state index in [9.17, 15) is 14.0 Å². The summed E-state index contributed by atoms with van der Waals surface area (Å²) in [6, 6.07) is 4.15. The van der Waals surface area contributed by atoms with Crippen molar-refractivity contribution in [2.75, 3.05) is 13.7 Å². The van der Waals surface area contributed by atoms with Crippen LogP contribution in [0.2, 0.25) is 5.02 Å². The highest BCUT2D eigenvalue weighted by Crippen LogP contribution is 2.23. The Bertz CT molecular complexity index is 1040. The van der Waals surface area contributed by atoms with Gasteiger partial charge in [0.2, 0.25) is 0 Å². The van der Waals surface area contributed by atoms with Crippen molar-refractivity contribution in [3.8, 4) is 11.3 Å². The summed E-state index contributed by atoms with van der Waals surface area (Å²) in [6.07, 6.45) is 1.49.